The zero-order chi connectivity index (χ0) is 19.4. The molecule has 1 amide bonds. The van der Waals surface area contributed by atoms with E-state index in [4.69, 9.17) is 4.98 Å². The van der Waals surface area contributed by atoms with E-state index in [1.807, 2.05) is 44.4 Å². The quantitative estimate of drug-likeness (QED) is 0.669. The number of carbonyl (C=O) groups excluding carboxylic acids is 1. The average Bonchev–Trinajstić information content (AvgIpc) is 2.66. The molecule has 27 heavy (non-hydrogen) atoms. The Kier molecular flexibility index (Phi) is 5.87. The van der Waals surface area contributed by atoms with Gasteiger partial charge in [0.2, 0.25) is 0 Å². The van der Waals surface area contributed by atoms with E-state index in [0.29, 0.717) is 12.1 Å². The zero-order valence-electron chi connectivity index (χ0n) is 16.5. The molecular formula is C23H27N3O. The number of nitrogens with one attached hydrogen (secondary N) is 1. The lowest BCUT2D eigenvalue weighted by Gasteiger charge is -2.12. The molecule has 0 spiro atoms. The van der Waals surface area contributed by atoms with Crippen molar-refractivity contribution >= 4 is 16.8 Å². The number of aromatic nitrogens is 1. The molecule has 1 heterocycles. The van der Waals surface area contributed by atoms with Gasteiger partial charge in [0.05, 0.1) is 16.8 Å². The van der Waals surface area contributed by atoms with Crippen molar-refractivity contribution in [1.29, 1.82) is 0 Å². The van der Waals surface area contributed by atoms with Gasteiger partial charge < -0.3 is 10.2 Å². The van der Waals surface area contributed by atoms with Gasteiger partial charge in [-0.3, -0.25) is 4.79 Å². The van der Waals surface area contributed by atoms with Gasteiger partial charge in [-0.2, -0.15) is 0 Å². The third-order valence-corrected chi connectivity index (χ3v) is 4.83. The van der Waals surface area contributed by atoms with Gasteiger partial charge >= 0.3 is 0 Å². The van der Waals surface area contributed by atoms with Crippen LogP contribution in [-0.2, 0) is 0 Å². The maximum Gasteiger partial charge on any atom is 0.252 e. The number of para-hydroxylation sites is 1. The van der Waals surface area contributed by atoms with E-state index in [1.54, 1.807) is 0 Å². The third kappa shape index (κ3) is 4.52. The monoisotopic (exact) mass is 361 g/mol. The van der Waals surface area contributed by atoms with Gasteiger partial charge in [-0.25, -0.2) is 4.98 Å². The normalized spacial score (nSPS) is 11.1. The number of fused-ring (bicyclic) bond motifs is 1. The number of amides is 1. The van der Waals surface area contributed by atoms with Crippen LogP contribution < -0.4 is 5.32 Å². The molecule has 0 saturated carbocycles. The summed E-state index contributed by atoms with van der Waals surface area (Å²) in [6.07, 6.45) is 0.922. The Morgan fingerprint density at radius 2 is 1.81 bits per heavy atom. The number of hydrogen-bond acceptors (Lipinski definition) is 3. The van der Waals surface area contributed by atoms with Crippen LogP contribution in [0.5, 0.6) is 0 Å². The first-order valence-electron chi connectivity index (χ1n) is 9.36. The summed E-state index contributed by atoms with van der Waals surface area (Å²) < 4.78 is 0. The molecule has 0 saturated heterocycles. The minimum atomic E-state index is -0.0440. The number of rotatable bonds is 6. The first-order chi connectivity index (χ1) is 13.0. The summed E-state index contributed by atoms with van der Waals surface area (Å²) in [5.41, 5.74) is 5.85. The van der Waals surface area contributed by atoms with Crippen LogP contribution in [-0.4, -0.2) is 43.0 Å². The van der Waals surface area contributed by atoms with Crippen LogP contribution in [0.4, 0.5) is 0 Å². The number of nitrogens with zero attached hydrogens (tertiary/aromatic N) is 2. The van der Waals surface area contributed by atoms with Crippen molar-refractivity contribution in [3.63, 3.8) is 0 Å². The van der Waals surface area contributed by atoms with E-state index in [9.17, 15) is 4.79 Å². The van der Waals surface area contributed by atoms with Crippen molar-refractivity contribution in [2.75, 3.05) is 27.2 Å². The predicted molar refractivity (Wildman–Crippen MR) is 112 cm³/mol. The molecule has 0 unspecified atom stereocenters. The van der Waals surface area contributed by atoms with E-state index in [-0.39, 0.29) is 5.91 Å². The first kappa shape index (κ1) is 19.1. The van der Waals surface area contributed by atoms with Gasteiger partial charge in [-0.05, 0) is 70.2 Å². The Labute approximate surface area is 161 Å². The molecule has 0 fully saturated rings. The fourth-order valence-corrected chi connectivity index (χ4v) is 3.10. The smallest absolute Gasteiger partial charge is 0.252 e. The Hall–Kier alpha value is -2.72. The molecule has 0 atom stereocenters. The van der Waals surface area contributed by atoms with Gasteiger partial charge in [0.25, 0.3) is 5.91 Å². The molecule has 1 aromatic heterocycles. The molecule has 0 radical (unpaired) electrons. The Balaban J connectivity index is 1.95. The van der Waals surface area contributed by atoms with E-state index < -0.39 is 0 Å². The maximum absolute atomic E-state index is 12.9. The summed E-state index contributed by atoms with van der Waals surface area (Å²) in [7, 11) is 4.07. The summed E-state index contributed by atoms with van der Waals surface area (Å²) in [6.45, 7) is 5.80. The minimum Gasteiger partial charge on any atom is -0.352 e. The van der Waals surface area contributed by atoms with Gasteiger partial charge in [0.1, 0.15) is 0 Å². The van der Waals surface area contributed by atoms with Crippen LogP contribution in [0.2, 0.25) is 0 Å². The van der Waals surface area contributed by atoms with Crippen molar-refractivity contribution in [2.24, 2.45) is 0 Å². The molecule has 3 rings (SSSR count). The third-order valence-electron chi connectivity index (χ3n) is 4.83. The summed E-state index contributed by atoms with van der Waals surface area (Å²) >= 11 is 0. The van der Waals surface area contributed by atoms with Gasteiger partial charge in [0.15, 0.2) is 0 Å². The summed E-state index contributed by atoms with van der Waals surface area (Å²) in [4.78, 5) is 19.8. The van der Waals surface area contributed by atoms with E-state index in [2.05, 4.69) is 42.3 Å². The lowest BCUT2D eigenvalue weighted by Crippen LogP contribution is -2.27. The minimum absolute atomic E-state index is 0.0440. The summed E-state index contributed by atoms with van der Waals surface area (Å²) in [5.74, 6) is -0.0440. The largest absolute Gasteiger partial charge is 0.352 e. The number of carbonyl (C=O) groups is 1. The predicted octanol–water partition coefficient (Wildman–Crippen LogP) is 4.20. The Morgan fingerprint density at radius 1 is 1.04 bits per heavy atom. The molecule has 4 heteroatoms. The number of benzene rings is 2. The van der Waals surface area contributed by atoms with Gasteiger partial charge in [-0.1, -0.05) is 30.3 Å². The maximum atomic E-state index is 12.9. The SMILES string of the molecule is Cc1ccc(-c2cc(C(=O)NCCCN(C)C)c3ccccc3n2)cc1C. The number of pyridine rings is 1. The van der Waals surface area contributed by atoms with Crippen molar-refractivity contribution < 1.29 is 4.79 Å². The highest BCUT2D eigenvalue weighted by Crippen LogP contribution is 2.26. The highest BCUT2D eigenvalue weighted by molar-refractivity contribution is 6.07. The highest BCUT2D eigenvalue weighted by atomic mass is 16.1. The molecule has 0 aliphatic rings. The van der Waals surface area contributed by atoms with E-state index >= 15 is 0 Å². The van der Waals surface area contributed by atoms with Gasteiger partial charge in [-0.15, -0.1) is 0 Å². The van der Waals surface area contributed by atoms with Crippen LogP contribution >= 0.6 is 0 Å². The second kappa shape index (κ2) is 8.31. The van der Waals surface area contributed by atoms with Crippen molar-refractivity contribution in [1.82, 2.24) is 15.2 Å². The average molecular weight is 361 g/mol. The van der Waals surface area contributed by atoms with Crippen molar-refractivity contribution in [2.45, 2.75) is 20.3 Å². The molecule has 1 N–H and O–H groups in total. The molecule has 0 aliphatic carbocycles. The van der Waals surface area contributed by atoms with Crippen LogP contribution in [0.25, 0.3) is 22.2 Å². The fraction of sp³-hybridized carbons (Fsp3) is 0.304. The Morgan fingerprint density at radius 3 is 2.56 bits per heavy atom. The second-order valence-electron chi connectivity index (χ2n) is 7.28. The van der Waals surface area contributed by atoms with Crippen LogP contribution in [0.1, 0.15) is 27.9 Å². The van der Waals surface area contributed by atoms with Crippen molar-refractivity contribution in [3.05, 3.63) is 65.2 Å². The molecular weight excluding hydrogens is 334 g/mol. The molecule has 0 aliphatic heterocycles. The lowest BCUT2D eigenvalue weighted by atomic mass is 10.0. The molecule has 2 aromatic carbocycles. The van der Waals surface area contributed by atoms with E-state index in [1.165, 1.54) is 11.1 Å². The Bertz CT molecular complexity index is 963. The topological polar surface area (TPSA) is 45.2 Å². The van der Waals surface area contributed by atoms with Crippen LogP contribution in [0.15, 0.2) is 48.5 Å². The zero-order valence-corrected chi connectivity index (χ0v) is 16.5. The molecule has 0 bridgehead atoms. The van der Waals surface area contributed by atoms with Crippen LogP contribution in [0, 0.1) is 13.8 Å². The van der Waals surface area contributed by atoms with E-state index in [0.717, 1.165) is 35.1 Å². The summed E-state index contributed by atoms with van der Waals surface area (Å²) in [6, 6.07) is 16.0. The molecule has 4 nitrogen and oxygen atoms in total. The highest BCUT2D eigenvalue weighted by Gasteiger charge is 2.14. The number of aryl methyl sites for hydroxylation is 2. The fourth-order valence-electron chi connectivity index (χ4n) is 3.10. The first-order valence-corrected chi connectivity index (χ1v) is 9.36. The lowest BCUT2D eigenvalue weighted by molar-refractivity contribution is 0.0954. The van der Waals surface area contributed by atoms with Crippen molar-refractivity contribution in [3.8, 4) is 11.3 Å². The molecule has 140 valence electrons. The second-order valence-corrected chi connectivity index (χ2v) is 7.28. The molecule has 3 aromatic rings. The standard InChI is InChI=1S/C23H27N3O/c1-16-10-11-18(14-17(16)2)22-15-20(19-8-5-6-9-21(19)25-22)23(27)24-12-7-13-26(3)4/h5-6,8-11,14-15H,7,12-13H2,1-4H3,(H,24,27). The number of hydrogen-bond donors (Lipinski definition) is 1. The van der Waals surface area contributed by atoms with Gasteiger partial charge in [0, 0.05) is 17.5 Å². The summed E-state index contributed by atoms with van der Waals surface area (Å²) in [5, 5.41) is 3.94. The van der Waals surface area contributed by atoms with Crippen LogP contribution in [0.3, 0.4) is 0 Å².